The first-order chi connectivity index (χ1) is 8.09. The molecule has 0 saturated heterocycles. The van der Waals surface area contributed by atoms with Crippen LogP contribution in [0.2, 0.25) is 0 Å². The van der Waals surface area contributed by atoms with Gasteiger partial charge in [0.05, 0.1) is 0 Å². The molecule has 0 aromatic heterocycles. The number of benzene rings is 1. The SMILES string of the molecule is CC(=O)c1ccc(N(C)C2CCCC2)cc1N. The zero-order valence-corrected chi connectivity index (χ0v) is 10.6. The van der Waals surface area contributed by atoms with E-state index in [-0.39, 0.29) is 5.78 Å². The molecule has 0 bridgehead atoms. The van der Waals surface area contributed by atoms with Gasteiger partial charge >= 0.3 is 0 Å². The van der Waals surface area contributed by atoms with Crippen molar-refractivity contribution in [2.75, 3.05) is 17.7 Å². The molecule has 0 amide bonds. The molecule has 1 aliphatic rings. The van der Waals surface area contributed by atoms with Gasteiger partial charge in [-0.05, 0) is 38.0 Å². The lowest BCUT2D eigenvalue weighted by Gasteiger charge is -2.27. The Morgan fingerprint density at radius 1 is 1.35 bits per heavy atom. The van der Waals surface area contributed by atoms with Crippen LogP contribution in [0.15, 0.2) is 18.2 Å². The maximum absolute atomic E-state index is 11.3. The van der Waals surface area contributed by atoms with E-state index >= 15 is 0 Å². The minimum absolute atomic E-state index is 0.0255. The molecule has 3 nitrogen and oxygen atoms in total. The number of anilines is 2. The van der Waals surface area contributed by atoms with Crippen LogP contribution < -0.4 is 10.6 Å². The van der Waals surface area contributed by atoms with Crippen molar-refractivity contribution in [3.63, 3.8) is 0 Å². The van der Waals surface area contributed by atoms with Gasteiger partial charge in [0.2, 0.25) is 0 Å². The predicted octanol–water partition coefficient (Wildman–Crippen LogP) is 2.85. The smallest absolute Gasteiger partial charge is 0.161 e. The lowest BCUT2D eigenvalue weighted by molar-refractivity contribution is 0.101. The van der Waals surface area contributed by atoms with Crippen LogP contribution in [0.5, 0.6) is 0 Å². The van der Waals surface area contributed by atoms with Gasteiger partial charge in [-0.15, -0.1) is 0 Å². The first-order valence-electron chi connectivity index (χ1n) is 6.23. The van der Waals surface area contributed by atoms with E-state index in [1.165, 1.54) is 25.7 Å². The molecule has 1 aliphatic carbocycles. The maximum atomic E-state index is 11.3. The summed E-state index contributed by atoms with van der Waals surface area (Å²) in [5.41, 5.74) is 8.22. The summed E-state index contributed by atoms with van der Waals surface area (Å²) in [7, 11) is 2.11. The number of nitrogen functional groups attached to an aromatic ring is 1. The zero-order chi connectivity index (χ0) is 12.4. The van der Waals surface area contributed by atoms with Crippen molar-refractivity contribution in [1.82, 2.24) is 0 Å². The number of hydrogen-bond acceptors (Lipinski definition) is 3. The third-order valence-corrected chi connectivity index (χ3v) is 3.69. The van der Waals surface area contributed by atoms with Crippen LogP contribution in [0.25, 0.3) is 0 Å². The first kappa shape index (κ1) is 12.0. The van der Waals surface area contributed by atoms with Crippen molar-refractivity contribution in [3.05, 3.63) is 23.8 Å². The summed E-state index contributed by atoms with van der Waals surface area (Å²) < 4.78 is 0. The minimum Gasteiger partial charge on any atom is -0.398 e. The topological polar surface area (TPSA) is 46.3 Å². The number of ketones is 1. The van der Waals surface area contributed by atoms with E-state index in [4.69, 9.17) is 5.73 Å². The average Bonchev–Trinajstić information content (AvgIpc) is 2.80. The highest BCUT2D eigenvalue weighted by atomic mass is 16.1. The fourth-order valence-electron chi connectivity index (χ4n) is 2.59. The molecule has 0 atom stereocenters. The van der Waals surface area contributed by atoms with Gasteiger partial charge in [-0.1, -0.05) is 12.8 Å². The average molecular weight is 232 g/mol. The Bertz CT molecular complexity index is 422. The summed E-state index contributed by atoms with van der Waals surface area (Å²) in [5, 5.41) is 0. The maximum Gasteiger partial charge on any atom is 0.161 e. The number of nitrogens with two attached hydrogens (primary N) is 1. The highest BCUT2D eigenvalue weighted by molar-refractivity contribution is 5.99. The van der Waals surface area contributed by atoms with Crippen LogP contribution in [-0.2, 0) is 0 Å². The van der Waals surface area contributed by atoms with Gasteiger partial charge in [-0.2, -0.15) is 0 Å². The second kappa shape index (κ2) is 4.78. The molecule has 0 radical (unpaired) electrons. The molecule has 0 unspecified atom stereocenters. The van der Waals surface area contributed by atoms with Crippen LogP contribution in [0, 0.1) is 0 Å². The molecule has 3 heteroatoms. The van der Waals surface area contributed by atoms with Crippen LogP contribution in [0.3, 0.4) is 0 Å². The third kappa shape index (κ3) is 2.43. The molecule has 2 N–H and O–H groups in total. The summed E-state index contributed by atoms with van der Waals surface area (Å²) in [6, 6.07) is 6.36. The van der Waals surface area contributed by atoms with Crippen LogP contribution in [-0.4, -0.2) is 18.9 Å². The molecule has 0 spiro atoms. The largest absolute Gasteiger partial charge is 0.398 e. The lowest BCUT2D eigenvalue weighted by atomic mass is 10.1. The number of carbonyl (C=O) groups is 1. The van der Waals surface area contributed by atoms with E-state index in [0.29, 0.717) is 17.3 Å². The Morgan fingerprint density at radius 2 is 2.00 bits per heavy atom. The summed E-state index contributed by atoms with van der Waals surface area (Å²) >= 11 is 0. The van der Waals surface area contributed by atoms with Crippen molar-refractivity contribution in [2.45, 2.75) is 38.6 Å². The fourth-order valence-corrected chi connectivity index (χ4v) is 2.59. The lowest BCUT2D eigenvalue weighted by Crippen LogP contribution is -2.28. The van der Waals surface area contributed by atoms with Crippen molar-refractivity contribution >= 4 is 17.2 Å². The van der Waals surface area contributed by atoms with Crippen LogP contribution in [0.4, 0.5) is 11.4 Å². The Labute approximate surface area is 103 Å². The van der Waals surface area contributed by atoms with Gasteiger partial charge in [0.25, 0.3) is 0 Å². The summed E-state index contributed by atoms with van der Waals surface area (Å²) in [6.45, 7) is 1.55. The Hall–Kier alpha value is -1.51. The fraction of sp³-hybridized carbons (Fsp3) is 0.500. The summed E-state index contributed by atoms with van der Waals surface area (Å²) in [6.07, 6.45) is 5.14. The number of hydrogen-bond donors (Lipinski definition) is 1. The number of carbonyl (C=O) groups excluding carboxylic acids is 1. The Morgan fingerprint density at radius 3 is 2.53 bits per heavy atom. The molecular weight excluding hydrogens is 212 g/mol. The normalized spacial score (nSPS) is 16.1. The predicted molar refractivity (Wildman–Crippen MR) is 71.5 cm³/mol. The second-order valence-corrected chi connectivity index (χ2v) is 4.88. The molecular formula is C14H20N2O. The molecule has 1 fully saturated rings. The van der Waals surface area contributed by atoms with Crippen LogP contribution >= 0.6 is 0 Å². The van der Waals surface area contributed by atoms with Crippen molar-refractivity contribution < 1.29 is 4.79 Å². The van der Waals surface area contributed by atoms with E-state index in [1.807, 2.05) is 18.2 Å². The molecule has 1 saturated carbocycles. The molecule has 1 aromatic rings. The molecule has 2 rings (SSSR count). The van der Waals surface area contributed by atoms with Crippen molar-refractivity contribution in [1.29, 1.82) is 0 Å². The third-order valence-electron chi connectivity index (χ3n) is 3.69. The van der Waals surface area contributed by atoms with Gasteiger partial charge < -0.3 is 10.6 Å². The highest BCUT2D eigenvalue weighted by Crippen LogP contribution is 2.28. The van der Waals surface area contributed by atoms with Crippen molar-refractivity contribution in [3.8, 4) is 0 Å². The first-order valence-corrected chi connectivity index (χ1v) is 6.23. The van der Waals surface area contributed by atoms with Crippen LogP contribution in [0.1, 0.15) is 43.0 Å². The van der Waals surface area contributed by atoms with Crippen molar-refractivity contribution in [2.24, 2.45) is 0 Å². The molecule has 1 aromatic carbocycles. The number of Topliss-reactive ketones (excluding diaryl/α,β-unsaturated/α-hetero) is 1. The molecule has 92 valence electrons. The number of nitrogens with zero attached hydrogens (tertiary/aromatic N) is 1. The molecule has 17 heavy (non-hydrogen) atoms. The van der Waals surface area contributed by atoms with E-state index in [9.17, 15) is 4.79 Å². The molecule has 0 heterocycles. The number of rotatable bonds is 3. The summed E-state index contributed by atoms with van der Waals surface area (Å²) in [5.74, 6) is 0.0255. The van der Waals surface area contributed by atoms with Gasteiger partial charge in [0.1, 0.15) is 0 Å². The van der Waals surface area contributed by atoms with E-state index < -0.39 is 0 Å². The Balaban J connectivity index is 2.21. The Kier molecular flexibility index (Phi) is 3.36. The molecule has 0 aliphatic heterocycles. The monoisotopic (exact) mass is 232 g/mol. The zero-order valence-electron chi connectivity index (χ0n) is 10.6. The quantitative estimate of drug-likeness (QED) is 0.644. The van der Waals surface area contributed by atoms with Gasteiger partial charge in [0.15, 0.2) is 5.78 Å². The van der Waals surface area contributed by atoms with Gasteiger partial charge in [0, 0.05) is 30.0 Å². The van der Waals surface area contributed by atoms with Gasteiger partial charge in [-0.25, -0.2) is 0 Å². The standard InChI is InChI=1S/C14H20N2O/c1-10(17)13-8-7-12(9-14(13)15)16(2)11-5-3-4-6-11/h7-9,11H,3-6,15H2,1-2H3. The van der Waals surface area contributed by atoms with Gasteiger partial charge in [-0.3, -0.25) is 4.79 Å². The minimum atomic E-state index is 0.0255. The van der Waals surface area contributed by atoms with E-state index in [1.54, 1.807) is 6.92 Å². The van der Waals surface area contributed by atoms with E-state index in [0.717, 1.165) is 5.69 Å². The summed E-state index contributed by atoms with van der Waals surface area (Å²) in [4.78, 5) is 13.6. The second-order valence-electron chi connectivity index (χ2n) is 4.88. The highest BCUT2D eigenvalue weighted by Gasteiger charge is 2.20. The van der Waals surface area contributed by atoms with E-state index in [2.05, 4.69) is 11.9 Å².